The molecule has 7 heteroatoms. The predicted octanol–water partition coefficient (Wildman–Crippen LogP) is 9.98. The van der Waals surface area contributed by atoms with Crippen LogP contribution in [0, 0.1) is 25.2 Å². The topological polar surface area (TPSA) is 89.5 Å². The molecule has 8 aromatic rings. The molecule has 0 aliphatic rings. The van der Waals surface area contributed by atoms with Crippen LogP contribution in [0.5, 0.6) is 5.75 Å². The number of pyridine rings is 1. The van der Waals surface area contributed by atoms with Crippen LogP contribution in [0.15, 0.2) is 170 Å². The molecule has 0 N–H and O–H groups in total. The summed E-state index contributed by atoms with van der Waals surface area (Å²) >= 11 is 0. The Bertz CT molecular complexity index is 2460. The summed E-state index contributed by atoms with van der Waals surface area (Å²) in [4.78, 5) is 6.44. The third-order valence-electron chi connectivity index (χ3n) is 9.71. The van der Waals surface area contributed by atoms with Gasteiger partial charge in [-0.15, -0.1) is 15.0 Å². The van der Waals surface area contributed by atoms with E-state index in [2.05, 4.69) is 77.8 Å². The Morgan fingerprint density at radius 3 is 1.74 bits per heavy atom. The molecule has 54 heavy (non-hydrogen) atoms. The van der Waals surface area contributed by atoms with Crippen LogP contribution in [0.1, 0.15) is 39.2 Å². The molecule has 0 saturated carbocycles. The van der Waals surface area contributed by atoms with Crippen molar-refractivity contribution in [2.24, 2.45) is 0 Å². The van der Waals surface area contributed by atoms with Crippen LogP contribution in [-0.4, -0.2) is 25.2 Å². The van der Waals surface area contributed by atoms with E-state index in [9.17, 15) is 5.26 Å². The van der Waals surface area contributed by atoms with Crippen molar-refractivity contribution in [3.8, 4) is 45.5 Å². The van der Waals surface area contributed by atoms with E-state index in [0.717, 1.165) is 67.2 Å². The monoisotopic (exact) mass is 700 g/mol. The van der Waals surface area contributed by atoms with Gasteiger partial charge >= 0.3 is 0 Å². The summed E-state index contributed by atoms with van der Waals surface area (Å²) in [5.41, 5.74) is 10.4. The summed E-state index contributed by atoms with van der Waals surface area (Å²) in [5, 5.41) is 23.9. The zero-order chi connectivity index (χ0) is 36.9. The number of rotatable bonds is 10. The lowest BCUT2D eigenvalue weighted by molar-refractivity contribution is 0.307. The highest BCUT2D eigenvalue weighted by Crippen LogP contribution is 2.41. The maximum Gasteiger partial charge on any atom is 0.205 e. The lowest BCUT2D eigenvalue weighted by atomic mass is 9.77. The zero-order valence-corrected chi connectivity index (χ0v) is 30.0. The molecule has 0 unspecified atom stereocenters. The van der Waals surface area contributed by atoms with Crippen LogP contribution >= 0.6 is 0 Å². The van der Waals surface area contributed by atoms with Crippen LogP contribution in [0.25, 0.3) is 33.6 Å². The average molecular weight is 701 g/mol. The number of aryl methyl sites for hydroxylation is 2. The number of aromatic nitrogens is 5. The molecule has 0 atom stereocenters. The number of nitriles is 1. The molecular formula is C47H36N6O. The second-order valence-electron chi connectivity index (χ2n) is 13.2. The standard InChI is InChI=1S/C47H36N6O/c1-33-30-44(45(34(2)49-33)38-28-22-35(31-48)23-29-38)54-32-36-24-26-37(27-25-36)42-20-12-13-21-43(42)46-50-52-53(51-46)47(39-14-6-3-7-15-39,40-16-8-4-9-17-40)41-18-10-5-11-19-41/h3-30H,32H2,1-2H3. The maximum atomic E-state index is 9.27. The minimum absolute atomic E-state index is 0.379. The molecule has 260 valence electrons. The number of ether oxygens (including phenoxy) is 1. The SMILES string of the molecule is Cc1cc(OCc2ccc(-c3ccccc3-c3nnn(C(c4ccccc4)(c4ccccc4)c4ccccc4)n3)cc2)c(-c2ccc(C#N)cc2)c(C)n1. The van der Waals surface area contributed by atoms with Gasteiger partial charge in [-0.05, 0) is 70.1 Å². The number of tetrazole rings is 1. The number of hydrogen-bond acceptors (Lipinski definition) is 6. The maximum absolute atomic E-state index is 9.27. The second kappa shape index (κ2) is 14.8. The Kier molecular flexibility index (Phi) is 9.32. The fraction of sp³-hybridized carbons (Fsp3) is 0.0851. The number of nitrogens with zero attached hydrogens (tertiary/aromatic N) is 6. The number of benzene rings is 6. The zero-order valence-electron chi connectivity index (χ0n) is 30.0. The molecule has 2 heterocycles. The van der Waals surface area contributed by atoms with Gasteiger partial charge in [0.05, 0.1) is 11.6 Å². The molecule has 7 nitrogen and oxygen atoms in total. The normalized spacial score (nSPS) is 11.2. The third kappa shape index (κ3) is 6.42. The van der Waals surface area contributed by atoms with Gasteiger partial charge in [0, 0.05) is 28.6 Å². The lowest BCUT2D eigenvalue weighted by Crippen LogP contribution is -2.39. The smallest absolute Gasteiger partial charge is 0.205 e. The van der Waals surface area contributed by atoms with E-state index in [1.165, 1.54) is 0 Å². The van der Waals surface area contributed by atoms with Crippen LogP contribution in [0.4, 0.5) is 0 Å². The second-order valence-corrected chi connectivity index (χ2v) is 13.2. The highest BCUT2D eigenvalue weighted by molar-refractivity contribution is 5.80. The quantitative estimate of drug-likeness (QED) is 0.132. The van der Waals surface area contributed by atoms with Crippen molar-refractivity contribution in [2.75, 3.05) is 0 Å². The Morgan fingerprint density at radius 1 is 0.630 bits per heavy atom. The van der Waals surface area contributed by atoms with Crippen LogP contribution in [-0.2, 0) is 12.1 Å². The molecule has 0 aliphatic heterocycles. The van der Waals surface area contributed by atoms with Crippen molar-refractivity contribution in [1.82, 2.24) is 25.2 Å². The molecule has 0 bridgehead atoms. The highest BCUT2D eigenvalue weighted by atomic mass is 16.5. The van der Waals surface area contributed by atoms with E-state index in [4.69, 9.17) is 20.1 Å². The fourth-order valence-electron chi connectivity index (χ4n) is 7.19. The molecule has 0 amide bonds. The van der Waals surface area contributed by atoms with E-state index < -0.39 is 5.54 Å². The summed E-state index contributed by atoms with van der Waals surface area (Å²) in [7, 11) is 0. The molecule has 0 spiro atoms. The minimum Gasteiger partial charge on any atom is -0.488 e. The van der Waals surface area contributed by atoms with Crippen LogP contribution < -0.4 is 4.74 Å². The lowest BCUT2D eigenvalue weighted by Gasteiger charge is -2.34. The summed E-state index contributed by atoms with van der Waals surface area (Å²) < 4.78 is 6.44. The molecule has 0 aliphatic carbocycles. The first-order valence-electron chi connectivity index (χ1n) is 17.8. The Labute approximate surface area is 314 Å². The minimum atomic E-state index is -0.864. The van der Waals surface area contributed by atoms with Gasteiger partial charge in [0.25, 0.3) is 0 Å². The van der Waals surface area contributed by atoms with E-state index in [0.29, 0.717) is 18.0 Å². The Balaban J connectivity index is 1.12. The van der Waals surface area contributed by atoms with E-state index >= 15 is 0 Å². The highest BCUT2D eigenvalue weighted by Gasteiger charge is 2.41. The fourth-order valence-corrected chi connectivity index (χ4v) is 7.19. The van der Waals surface area contributed by atoms with Crippen LogP contribution in [0.2, 0.25) is 0 Å². The summed E-state index contributed by atoms with van der Waals surface area (Å²) in [5.74, 6) is 1.29. The van der Waals surface area contributed by atoms with Gasteiger partial charge in [-0.1, -0.05) is 152 Å². The van der Waals surface area contributed by atoms with Crippen molar-refractivity contribution in [3.63, 3.8) is 0 Å². The summed E-state index contributed by atoms with van der Waals surface area (Å²) in [6.45, 7) is 4.33. The summed E-state index contributed by atoms with van der Waals surface area (Å²) in [6.07, 6.45) is 0. The molecule has 0 radical (unpaired) electrons. The molecule has 0 saturated heterocycles. The van der Waals surface area contributed by atoms with E-state index in [1.54, 1.807) is 4.80 Å². The Hall–Kier alpha value is -7.17. The summed E-state index contributed by atoms with van der Waals surface area (Å²) in [6, 6.07) is 59.3. The molecule has 2 aromatic heterocycles. The Morgan fingerprint density at radius 2 is 1.17 bits per heavy atom. The largest absolute Gasteiger partial charge is 0.488 e. The van der Waals surface area contributed by atoms with Gasteiger partial charge in [-0.2, -0.15) is 5.26 Å². The van der Waals surface area contributed by atoms with Crippen molar-refractivity contribution in [3.05, 3.63) is 209 Å². The first kappa shape index (κ1) is 33.9. The van der Waals surface area contributed by atoms with Gasteiger partial charge in [0.2, 0.25) is 5.82 Å². The van der Waals surface area contributed by atoms with Gasteiger partial charge < -0.3 is 4.74 Å². The molecule has 6 aromatic carbocycles. The van der Waals surface area contributed by atoms with Gasteiger partial charge in [-0.25, -0.2) is 0 Å². The third-order valence-corrected chi connectivity index (χ3v) is 9.71. The van der Waals surface area contributed by atoms with Crippen molar-refractivity contribution < 1.29 is 4.74 Å². The van der Waals surface area contributed by atoms with E-state index in [1.807, 2.05) is 117 Å². The molecular weight excluding hydrogens is 665 g/mol. The van der Waals surface area contributed by atoms with Gasteiger partial charge in [-0.3, -0.25) is 4.98 Å². The molecule has 8 rings (SSSR count). The number of hydrogen-bond donors (Lipinski definition) is 0. The van der Waals surface area contributed by atoms with Crippen molar-refractivity contribution in [1.29, 1.82) is 5.26 Å². The van der Waals surface area contributed by atoms with Crippen molar-refractivity contribution in [2.45, 2.75) is 26.0 Å². The van der Waals surface area contributed by atoms with Gasteiger partial charge in [0.15, 0.2) is 5.54 Å². The first-order valence-corrected chi connectivity index (χ1v) is 17.8. The van der Waals surface area contributed by atoms with Crippen molar-refractivity contribution >= 4 is 0 Å². The average Bonchev–Trinajstić information content (AvgIpc) is 3.72. The van der Waals surface area contributed by atoms with E-state index in [-0.39, 0.29) is 0 Å². The molecule has 0 fully saturated rings. The first-order chi connectivity index (χ1) is 26.5. The van der Waals surface area contributed by atoms with Gasteiger partial charge in [0.1, 0.15) is 12.4 Å². The predicted molar refractivity (Wildman–Crippen MR) is 211 cm³/mol. The van der Waals surface area contributed by atoms with Crippen LogP contribution in [0.3, 0.4) is 0 Å².